The quantitative estimate of drug-likeness (QED) is 0.860. The molecule has 98 valence electrons. The van der Waals surface area contributed by atoms with E-state index in [9.17, 15) is 0 Å². The van der Waals surface area contributed by atoms with Gasteiger partial charge in [-0.3, -0.25) is 4.90 Å². The van der Waals surface area contributed by atoms with E-state index in [1.807, 2.05) is 0 Å². The summed E-state index contributed by atoms with van der Waals surface area (Å²) in [5, 5.41) is 3.69. The Morgan fingerprint density at radius 1 is 1.22 bits per heavy atom. The number of hydrogen-bond donors (Lipinski definition) is 1. The van der Waals surface area contributed by atoms with Gasteiger partial charge in [0.25, 0.3) is 0 Å². The van der Waals surface area contributed by atoms with Gasteiger partial charge in [-0.15, -0.1) is 0 Å². The van der Waals surface area contributed by atoms with Gasteiger partial charge in [0.15, 0.2) is 0 Å². The molecule has 0 bridgehead atoms. The van der Waals surface area contributed by atoms with Gasteiger partial charge in [-0.05, 0) is 31.7 Å². The van der Waals surface area contributed by atoms with Crippen LogP contribution in [0.25, 0.3) is 0 Å². The molecule has 1 saturated heterocycles. The Labute approximate surface area is 110 Å². The molecular formula is C16H24N2. The van der Waals surface area contributed by atoms with E-state index >= 15 is 0 Å². The number of hydrogen-bond acceptors (Lipinski definition) is 2. The van der Waals surface area contributed by atoms with Crippen molar-refractivity contribution < 1.29 is 0 Å². The van der Waals surface area contributed by atoms with Crippen LogP contribution in [0.5, 0.6) is 0 Å². The van der Waals surface area contributed by atoms with Gasteiger partial charge in [-0.25, -0.2) is 0 Å². The van der Waals surface area contributed by atoms with Crippen LogP contribution in [0.1, 0.15) is 38.8 Å². The first-order chi connectivity index (χ1) is 8.57. The van der Waals surface area contributed by atoms with Crippen LogP contribution in [0.3, 0.4) is 0 Å². The van der Waals surface area contributed by atoms with E-state index in [0.29, 0.717) is 6.04 Å². The van der Waals surface area contributed by atoms with Crippen LogP contribution in [0.2, 0.25) is 0 Å². The van der Waals surface area contributed by atoms with E-state index in [-0.39, 0.29) is 5.54 Å². The summed E-state index contributed by atoms with van der Waals surface area (Å²) in [6.45, 7) is 9.23. The van der Waals surface area contributed by atoms with Crippen molar-refractivity contribution in [1.29, 1.82) is 0 Å². The molecule has 1 aliphatic carbocycles. The van der Waals surface area contributed by atoms with E-state index in [0.717, 1.165) is 25.0 Å². The molecule has 3 unspecified atom stereocenters. The minimum atomic E-state index is 0.244. The lowest BCUT2D eigenvalue weighted by Crippen LogP contribution is -2.58. The van der Waals surface area contributed by atoms with E-state index < -0.39 is 0 Å². The summed E-state index contributed by atoms with van der Waals surface area (Å²) in [7, 11) is 0. The first-order valence-corrected chi connectivity index (χ1v) is 7.12. The summed E-state index contributed by atoms with van der Waals surface area (Å²) in [5.41, 5.74) is 1.70. The average Bonchev–Trinajstić information content (AvgIpc) is 3.06. The van der Waals surface area contributed by atoms with Gasteiger partial charge >= 0.3 is 0 Å². The third-order valence-corrected chi connectivity index (χ3v) is 4.43. The van der Waals surface area contributed by atoms with Gasteiger partial charge in [0.2, 0.25) is 0 Å². The Hall–Kier alpha value is -0.860. The maximum absolute atomic E-state index is 3.69. The predicted molar refractivity (Wildman–Crippen MR) is 75.5 cm³/mol. The van der Waals surface area contributed by atoms with Crippen molar-refractivity contribution in [2.45, 2.75) is 44.8 Å². The third-order valence-electron chi connectivity index (χ3n) is 4.43. The molecule has 2 aliphatic rings. The van der Waals surface area contributed by atoms with Crippen LogP contribution < -0.4 is 5.32 Å². The molecule has 1 aromatic carbocycles. The summed E-state index contributed by atoms with van der Waals surface area (Å²) < 4.78 is 0. The smallest absolute Gasteiger partial charge is 0.0476 e. The van der Waals surface area contributed by atoms with E-state index in [2.05, 4.69) is 61.3 Å². The Morgan fingerprint density at radius 2 is 1.89 bits per heavy atom. The van der Waals surface area contributed by atoms with Crippen molar-refractivity contribution in [3.05, 3.63) is 35.9 Å². The number of nitrogens with zero attached hydrogens (tertiary/aromatic N) is 1. The standard InChI is InChI=1S/C16H24N2/c1-12-9-14(12)18-11-16(2,3)17-10-15(18)13-7-5-4-6-8-13/h4-8,12,14-15,17H,9-11H2,1-3H3. The second-order valence-corrected chi connectivity index (χ2v) is 6.64. The topological polar surface area (TPSA) is 15.3 Å². The van der Waals surface area contributed by atoms with Gasteiger partial charge in [-0.1, -0.05) is 37.3 Å². The van der Waals surface area contributed by atoms with Crippen LogP contribution in [-0.2, 0) is 0 Å². The maximum atomic E-state index is 3.69. The van der Waals surface area contributed by atoms with Crippen LogP contribution in [0, 0.1) is 5.92 Å². The Kier molecular flexibility index (Phi) is 2.95. The lowest BCUT2D eigenvalue weighted by molar-refractivity contribution is 0.0831. The number of piperazine rings is 1. The Bertz CT molecular complexity index is 412. The minimum absolute atomic E-state index is 0.244. The zero-order valence-corrected chi connectivity index (χ0v) is 11.7. The molecule has 18 heavy (non-hydrogen) atoms. The normalized spacial score (nSPS) is 35.4. The first-order valence-electron chi connectivity index (χ1n) is 7.12. The highest BCUT2D eigenvalue weighted by Crippen LogP contribution is 2.41. The molecule has 2 fully saturated rings. The molecule has 1 aliphatic heterocycles. The zero-order chi connectivity index (χ0) is 12.8. The summed E-state index contributed by atoms with van der Waals surface area (Å²) in [6.07, 6.45) is 1.37. The highest BCUT2D eigenvalue weighted by molar-refractivity contribution is 5.22. The van der Waals surface area contributed by atoms with Gasteiger partial charge in [0, 0.05) is 30.7 Å². The van der Waals surface area contributed by atoms with E-state index in [1.165, 1.54) is 12.0 Å². The van der Waals surface area contributed by atoms with Crippen molar-refractivity contribution >= 4 is 0 Å². The molecule has 3 rings (SSSR count). The third kappa shape index (κ3) is 2.32. The van der Waals surface area contributed by atoms with E-state index in [4.69, 9.17) is 0 Å². The SMILES string of the molecule is CC1CC1N1CC(C)(C)NCC1c1ccccc1. The van der Waals surface area contributed by atoms with Crippen molar-refractivity contribution in [3.8, 4) is 0 Å². The molecule has 1 aromatic rings. The minimum Gasteiger partial charge on any atom is -0.309 e. The highest BCUT2D eigenvalue weighted by Gasteiger charge is 2.45. The van der Waals surface area contributed by atoms with Gasteiger partial charge < -0.3 is 5.32 Å². The van der Waals surface area contributed by atoms with Gasteiger partial charge in [0.05, 0.1) is 0 Å². The molecule has 1 saturated carbocycles. The second-order valence-electron chi connectivity index (χ2n) is 6.64. The van der Waals surface area contributed by atoms with Crippen molar-refractivity contribution in [1.82, 2.24) is 10.2 Å². The molecule has 0 spiro atoms. The molecule has 2 nitrogen and oxygen atoms in total. The van der Waals surface area contributed by atoms with Crippen LogP contribution in [0.4, 0.5) is 0 Å². The van der Waals surface area contributed by atoms with Gasteiger partial charge in [-0.2, -0.15) is 0 Å². The average molecular weight is 244 g/mol. The van der Waals surface area contributed by atoms with Crippen molar-refractivity contribution in [3.63, 3.8) is 0 Å². The molecule has 1 N–H and O–H groups in total. The van der Waals surface area contributed by atoms with Crippen LogP contribution in [0.15, 0.2) is 30.3 Å². The maximum Gasteiger partial charge on any atom is 0.0476 e. The fourth-order valence-electron chi connectivity index (χ4n) is 3.21. The number of nitrogens with one attached hydrogen (secondary N) is 1. The monoisotopic (exact) mass is 244 g/mol. The predicted octanol–water partition coefficient (Wildman–Crippen LogP) is 2.82. The fourth-order valence-corrected chi connectivity index (χ4v) is 3.21. The summed E-state index contributed by atoms with van der Waals surface area (Å²) in [5.74, 6) is 0.880. The highest BCUT2D eigenvalue weighted by atomic mass is 15.3. The van der Waals surface area contributed by atoms with E-state index in [1.54, 1.807) is 0 Å². The molecule has 0 amide bonds. The van der Waals surface area contributed by atoms with Crippen molar-refractivity contribution in [2.75, 3.05) is 13.1 Å². The lowest BCUT2D eigenvalue weighted by Gasteiger charge is -2.45. The summed E-state index contributed by atoms with van der Waals surface area (Å²) in [4.78, 5) is 2.73. The van der Waals surface area contributed by atoms with Crippen molar-refractivity contribution in [2.24, 2.45) is 5.92 Å². The zero-order valence-electron chi connectivity index (χ0n) is 11.7. The first kappa shape index (κ1) is 12.2. The van der Waals surface area contributed by atoms with Gasteiger partial charge in [0.1, 0.15) is 0 Å². The fraction of sp³-hybridized carbons (Fsp3) is 0.625. The second kappa shape index (κ2) is 4.36. The molecule has 0 radical (unpaired) electrons. The molecule has 0 aromatic heterocycles. The molecule has 1 heterocycles. The van der Waals surface area contributed by atoms with Crippen LogP contribution >= 0.6 is 0 Å². The Balaban J connectivity index is 1.84. The lowest BCUT2D eigenvalue weighted by atomic mass is 9.94. The van der Waals surface area contributed by atoms with Crippen LogP contribution in [-0.4, -0.2) is 29.6 Å². The molecule has 3 atom stereocenters. The summed E-state index contributed by atoms with van der Waals surface area (Å²) >= 11 is 0. The molecular weight excluding hydrogens is 220 g/mol. The number of benzene rings is 1. The Morgan fingerprint density at radius 3 is 2.50 bits per heavy atom. The number of rotatable bonds is 2. The largest absolute Gasteiger partial charge is 0.309 e. The summed E-state index contributed by atoms with van der Waals surface area (Å²) in [6, 6.07) is 12.3. The molecule has 2 heteroatoms.